The Kier molecular flexibility index (Phi) is 7.35. The normalized spacial score (nSPS) is 11.7. The van der Waals surface area contributed by atoms with Gasteiger partial charge in [0.25, 0.3) is 5.91 Å². The van der Waals surface area contributed by atoms with E-state index in [-0.39, 0.29) is 25.0 Å². The fourth-order valence-electron chi connectivity index (χ4n) is 2.21. The van der Waals surface area contributed by atoms with E-state index >= 15 is 0 Å². The largest absolute Gasteiger partial charge is 0.460 e. The van der Waals surface area contributed by atoms with Gasteiger partial charge in [0.15, 0.2) is 0 Å². The van der Waals surface area contributed by atoms with E-state index in [1.165, 1.54) is 11.3 Å². The van der Waals surface area contributed by atoms with Gasteiger partial charge < -0.3 is 15.4 Å². The number of benzene rings is 1. The Labute approximate surface area is 156 Å². The van der Waals surface area contributed by atoms with Crippen molar-refractivity contribution in [2.45, 2.75) is 26.5 Å². The molecule has 0 saturated heterocycles. The van der Waals surface area contributed by atoms with Crippen LogP contribution in [0.25, 0.3) is 0 Å². The summed E-state index contributed by atoms with van der Waals surface area (Å²) in [6, 6.07) is 12.0. The van der Waals surface area contributed by atoms with Gasteiger partial charge in [0, 0.05) is 0 Å². The van der Waals surface area contributed by atoms with Crippen molar-refractivity contribution >= 4 is 29.1 Å². The first-order chi connectivity index (χ1) is 12.5. The molecule has 1 aromatic heterocycles. The lowest BCUT2D eigenvalue weighted by atomic mass is 10.0. The predicted octanol–water partition coefficient (Wildman–Crippen LogP) is 2.36. The molecule has 0 fully saturated rings. The van der Waals surface area contributed by atoms with Crippen LogP contribution in [0.3, 0.4) is 0 Å². The molecule has 0 aliphatic carbocycles. The summed E-state index contributed by atoms with van der Waals surface area (Å²) in [5, 5.41) is 7.03. The summed E-state index contributed by atoms with van der Waals surface area (Å²) >= 11 is 1.30. The van der Waals surface area contributed by atoms with Crippen LogP contribution >= 0.6 is 11.3 Å². The fraction of sp³-hybridized carbons (Fsp3) is 0.316. The zero-order valence-electron chi connectivity index (χ0n) is 14.7. The molecule has 7 heteroatoms. The van der Waals surface area contributed by atoms with Crippen molar-refractivity contribution in [2.24, 2.45) is 5.92 Å². The number of hydrogen-bond donors (Lipinski definition) is 2. The van der Waals surface area contributed by atoms with Gasteiger partial charge in [-0.15, -0.1) is 11.3 Å². The number of amides is 2. The zero-order chi connectivity index (χ0) is 18.9. The van der Waals surface area contributed by atoms with Crippen LogP contribution in [0.4, 0.5) is 0 Å². The molecule has 6 nitrogen and oxygen atoms in total. The number of carbonyl (C=O) groups excluding carboxylic acids is 3. The average Bonchev–Trinajstić information content (AvgIpc) is 3.17. The van der Waals surface area contributed by atoms with Crippen LogP contribution in [0.15, 0.2) is 47.8 Å². The van der Waals surface area contributed by atoms with E-state index in [1.54, 1.807) is 17.5 Å². The number of carbonyl (C=O) groups is 3. The first kappa shape index (κ1) is 19.7. The molecule has 1 heterocycles. The molecule has 2 rings (SSSR count). The quantitative estimate of drug-likeness (QED) is 0.695. The number of ether oxygens (including phenoxy) is 1. The number of hydrogen-bond acceptors (Lipinski definition) is 5. The molecular formula is C19H22N2O4S. The lowest BCUT2D eigenvalue weighted by molar-refractivity contribution is -0.145. The van der Waals surface area contributed by atoms with Crippen LogP contribution in [0.2, 0.25) is 0 Å². The molecule has 0 aliphatic rings. The second-order valence-electron chi connectivity index (χ2n) is 6.04. The Morgan fingerprint density at radius 3 is 2.42 bits per heavy atom. The third-order valence-corrected chi connectivity index (χ3v) is 4.50. The van der Waals surface area contributed by atoms with E-state index in [1.807, 2.05) is 44.2 Å². The number of thiophene rings is 1. The average molecular weight is 374 g/mol. The van der Waals surface area contributed by atoms with Gasteiger partial charge in [-0.25, -0.2) is 0 Å². The molecule has 1 unspecified atom stereocenters. The Bertz CT molecular complexity index is 729. The third-order valence-electron chi connectivity index (χ3n) is 3.63. The highest BCUT2D eigenvalue weighted by molar-refractivity contribution is 7.12. The molecule has 0 aliphatic heterocycles. The second kappa shape index (κ2) is 9.72. The van der Waals surface area contributed by atoms with Crippen LogP contribution in [0.1, 0.15) is 29.1 Å². The van der Waals surface area contributed by atoms with Crippen LogP contribution in [0, 0.1) is 5.92 Å². The highest BCUT2D eigenvalue weighted by atomic mass is 32.1. The van der Waals surface area contributed by atoms with E-state index in [0.29, 0.717) is 4.88 Å². The lowest BCUT2D eigenvalue weighted by Gasteiger charge is -2.21. The van der Waals surface area contributed by atoms with Gasteiger partial charge in [-0.2, -0.15) is 0 Å². The van der Waals surface area contributed by atoms with Crippen LogP contribution in [-0.4, -0.2) is 30.4 Å². The zero-order valence-corrected chi connectivity index (χ0v) is 15.5. The smallest absolute Gasteiger partial charge is 0.325 e. The molecule has 138 valence electrons. The predicted molar refractivity (Wildman–Crippen MR) is 99.7 cm³/mol. The summed E-state index contributed by atoms with van der Waals surface area (Å²) in [4.78, 5) is 36.8. The molecule has 0 saturated carbocycles. The molecule has 26 heavy (non-hydrogen) atoms. The first-order valence-electron chi connectivity index (χ1n) is 8.29. The van der Waals surface area contributed by atoms with Crippen molar-refractivity contribution in [3.8, 4) is 0 Å². The second-order valence-corrected chi connectivity index (χ2v) is 6.98. The van der Waals surface area contributed by atoms with Crippen molar-refractivity contribution in [3.05, 3.63) is 58.3 Å². The Morgan fingerprint density at radius 1 is 1.08 bits per heavy atom. The topological polar surface area (TPSA) is 84.5 Å². The molecule has 1 aromatic carbocycles. The van der Waals surface area contributed by atoms with Gasteiger partial charge in [0.2, 0.25) is 5.91 Å². The van der Waals surface area contributed by atoms with Crippen LogP contribution in [-0.2, 0) is 20.9 Å². The monoisotopic (exact) mass is 374 g/mol. The summed E-state index contributed by atoms with van der Waals surface area (Å²) in [6.07, 6.45) is 0. The van der Waals surface area contributed by atoms with Gasteiger partial charge in [0.05, 0.1) is 4.88 Å². The minimum atomic E-state index is -0.730. The molecular weight excluding hydrogens is 352 g/mol. The van der Waals surface area contributed by atoms with Crippen molar-refractivity contribution in [2.75, 3.05) is 6.54 Å². The van der Waals surface area contributed by atoms with Crippen molar-refractivity contribution in [3.63, 3.8) is 0 Å². The summed E-state index contributed by atoms with van der Waals surface area (Å²) < 4.78 is 5.12. The Balaban J connectivity index is 1.81. The molecule has 0 spiro atoms. The molecule has 2 aromatic rings. The maximum absolute atomic E-state index is 12.3. The molecule has 0 radical (unpaired) electrons. The van der Waals surface area contributed by atoms with Gasteiger partial charge in [-0.05, 0) is 22.9 Å². The van der Waals surface area contributed by atoms with Gasteiger partial charge in [0.1, 0.15) is 19.2 Å². The molecule has 2 amide bonds. The summed E-state index contributed by atoms with van der Waals surface area (Å²) in [7, 11) is 0. The van der Waals surface area contributed by atoms with E-state index in [4.69, 9.17) is 4.74 Å². The van der Waals surface area contributed by atoms with Crippen LogP contribution < -0.4 is 10.6 Å². The minimum Gasteiger partial charge on any atom is -0.460 e. The van der Waals surface area contributed by atoms with Gasteiger partial charge >= 0.3 is 5.97 Å². The van der Waals surface area contributed by atoms with E-state index in [2.05, 4.69) is 10.6 Å². The van der Waals surface area contributed by atoms with Crippen molar-refractivity contribution < 1.29 is 19.1 Å². The van der Waals surface area contributed by atoms with E-state index in [9.17, 15) is 14.4 Å². The van der Waals surface area contributed by atoms with Crippen molar-refractivity contribution in [1.82, 2.24) is 10.6 Å². The number of esters is 1. The molecule has 2 N–H and O–H groups in total. The standard InChI is InChI=1S/C19H22N2O4S/c1-13(2)17(21-18(23)15-9-6-10-26-15)19(24)20-11-16(22)25-12-14-7-4-3-5-8-14/h3-10,13,17H,11-12H2,1-2H3,(H,20,24)(H,21,23). The lowest BCUT2D eigenvalue weighted by Crippen LogP contribution is -2.50. The number of rotatable bonds is 8. The summed E-state index contributed by atoms with van der Waals surface area (Å²) in [5.74, 6) is -1.38. The van der Waals surface area contributed by atoms with E-state index < -0.39 is 17.9 Å². The highest BCUT2D eigenvalue weighted by Gasteiger charge is 2.25. The summed E-state index contributed by atoms with van der Waals surface area (Å²) in [5.41, 5.74) is 0.871. The third kappa shape index (κ3) is 6.00. The maximum atomic E-state index is 12.3. The minimum absolute atomic E-state index is 0.126. The van der Waals surface area contributed by atoms with Crippen LogP contribution in [0.5, 0.6) is 0 Å². The highest BCUT2D eigenvalue weighted by Crippen LogP contribution is 2.10. The van der Waals surface area contributed by atoms with Crippen molar-refractivity contribution in [1.29, 1.82) is 0 Å². The summed E-state index contributed by atoms with van der Waals surface area (Å²) in [6.45, 7) is 3.56. The maximum Gasteiger partial charge on any atom is 0.325 e. The fourth-order valence-corrected chi connectivity index (χ4v) is 2.84. The van der Waals surface area contributed by atoms with E-state index in [0.717, 1.165) is 5.56 Å². The molecule has 0 bridgehead atoms. The first-order valence-corrected chi connectivity index (χ1v) is 9.17. The Hall–Kier alpha value is -2.67. The Morgan fingerprint density at radius 2 is 1.81 bits per heavy atom. The molecule has 1 atom stereocenters. The van der Waals surface area contributed by atoms with Gasteiger partial charge in [-0.3, -0.25) is 14.4 Å². The number of nitrogens with one attached hydrogen (secondary N) is 2. The van der Waals surface area contributed by atoms with Gasteiger partial charge in [-0.1, -0.05) is 50.2 Å². The SMILES string of the molecule is CC(C)C(NC(=O)c1cccs1)C(=O)NCC(=O)OCc1ccccc1.